The summed E-state index contributed by atoms with van der Waals surface area (Å²) in [6.07, 6.45) is 3.85. The fourth-order valence-corrected chi connectivity index (χ4v) is 4.62. The Hall–Kier alpha value is -2.69. The lowest BCUT2D eigenvalue weighted by atomic mass is 10.1. The highest BCUT2D eigenvalue weighted by Gasteiger charge is 2.25. The fourth-order valence-electron chi connectivity index (χ4n) is 3.10. The summed E-state index contributed by atoms with van der Waals surface area (Å²) in [5, 5.41) is 8.79. The number of rotatable bonds is 5. The fraction of sp³-hybridized carbons (Fsp3) is 0.333. The van der Waals surface area contributed by atoms with Crippen LogP contribution in [0.25, 0.3) is 0 Å². The van der Waals surface area contributed by atoms with Crippen LogP contribution in [0.4, 0.5) is 0 Å². The second-order valence-electron chi connectivity index (χ2n) is 6.73. The third kappa shape index (κ3) is 4.77. The van der Waals surface area contributed by atoms with Gasteiger partial charge in [-0.15, -0.1) is 0 Å². The normalized spacial score (nSPS) is 15.4. The van der Waals surface area contributed by atoms with E-state index in [-0.39, 0.29) is 11.5 Å². The maximum Gasteiger partial charge on any atom is 0.338 e. The van der Waals surface area contributed by atoms with Gasteiger partial charge >= 0.3 is 5.97 Å². The third-order valence-corrected chi connectivity index (χ3v) is 6.66. The van der Waals surface area contributed by atoms with Crippen LogP contribution in [0.1, 0.15) is 47.2 Å². The number of esters is 1. The zero-order chi connectivity index (χ0) is 20.0. The van der Waals surface area contributed by atoms with Gasteiger partial charge < -0.3 is 4.74 Å². The van der Waals surface area contributed by atoms with Crippen molar-refractivity contribution in [3.8, 4) is 6.07 Å². The molecule has 0 radical (unpaired) electrons. The van der Waals surface area contributed by atoms with Crippen LogP contribution in [0.3, 0.4) is 0 Å². The van der Waals surface area contributed by atoms with E-state index in [1.165, 1.54) is 28.6 Å². The van der Waals surface area contributed by atoms with Crippen LogP contribution in [0, 0.1) is 11.3 Å². The Balaban J connectivity index is 1.64. The molecule has 28 heavy (non-hydrogen) atoms. The molecule has 146 valence electrons. The number of nitrogens with zero attached hydrogens (tertiary/aromatic N) is 2. The third-order valence-electron chi connectivity index (χ3n) is 4.75. The van der Waals surface area contributed by atoms with Gasteiger partial charge in [-0.05, 0) is 54.8 Å². The maximum atomic E-state index is 12.8. The number of benzene rings is 2. The van der Waals surface area contributed by atoms with Crippen molar-refractivity contribution in [2.45, 2.75) is 37.2 Å². The highest BCUT2D eigenvalue weighted by molar-refractivity contribution is 7.89. The van der Waals surface area contributed by atoms with Gasteiger partial charge in [0, 0.05) is 13.1 Å². The lowest BCUT2D eigenvalue weighted by Crippen LogP contribution is -2.31. The average Bonchev–Trinajstić information content (AvgIpc) is 3.02. The number of hydrogen-bond acceptors (Lipinski definition) is 5. The van der Waals surface area contributed by atoms with E-state index < -0.39 is 16.0 Å². The molecule has 0 spiro atoms. The van der Waals surface area contributed by atoms with Crippen molar-refractivity contribution in [3.63, 3.8) is 0 Å². The Morgan fingerprint density at radius 3 is 2.14 bits per heavy atom. The SMILES string of the molecule is N#Cc1ccc(COC(=O)c2ccc(S(=O)(=O)N3CCCCCC3)cc2)cc1. The van der Waals surface area contributed by atoms with Crippen LogP contribution >= 0.6 is 0 Å². The van der Waals surface area contributed by atoms with E-state index in [9.17, 15) is 13.2 Å². The summed E-state index contributed by atoms with van der Waals surface area (Å²) in [6, 6.07) is 14.7. The van der Waals surface area contributed by atoms with E-state index in [2.05, 4.69) is 0 Å². The Kier molecular flexibility index (Phi) is 6.45. The van der Waals surface area contributed by atoms with Crippen molar-refractivity contribution in [1.82, 2.24) is 4.31 Å². The van der Waals surface area contributed by atoms with Gasteiger partial charge in [0.1, 0.15) is 6.61 Å². The summed E-state index contributed by atoms with van der Waals surface area (Å²) in [5.41, 5.74) is 1.60. The largest absolute Gasteiger partial charge is 0.457 e. The summed E-state index contributed by atoms with van der Waals surface area (Å²) >= 11 is 0. The molecular formula is C21H22N2O4S. The predicted octanol–water partition coefficient (Wildman–Crippen LogP) is 3.48. The number of carbonyl (C=O) groups is 1. The van der Waals surface area contributed by atoms with Crippen molar-refractivity contribution in [3.05, 3.63) is 65.2 Å². The van der Waals surface area contributed by atoms with Gasteiger partial charge in [0.25, 0.3) is 0 Å². The number of sulfonamides is 1. The Morgan fingerprint density at radius 2 is 1.57 bits per heavy atom. The zero-order valence-electron chi connectivity index (χ0n) is 15.5. The summed E-state index contributed by atoms with van der Waals surface area (Å²) < 4.78 is 32.3. The smallest absolute Gasteiger partial charge is 0.338 e. The van der Waals surface area contributed by atoms with E-state index in [1.807, 2.05) is 6.07 Å². The molecule has 1 saturated heterocycles. The molecule has 0 bridgehead atoms. The summed E-state index contributed by atoms with van der Waals surface area (Å²) in [4.78, 5) is 12.4. The first kappa shape index (κ1) is 20.1. The van der Waals surface area contributed by atoms with E-state index in [4.69, 9.17) is 10.00 Å². The number of carbonyl (C=O) groups excluding carboxylic acids is 1. The quantitative estimate of drug-likeness (QED) is 0.720. The Labute approximate surface area is 165 Å². The first-order valence-electron chi connectivity index (χ1n) is 9.27. The minimum absolute atomic E-state index is 0.0817. The average molecular weight is 398 g/mol. The highest BCUT2D eigenvalue weighted by Crippen LogP contribution is 2.21. The van der Waals surface area contributed by atoms with Crippen LogP contribution in [0.2, 0.25) is 0 Å². The first-order chi connectivity index (χ1) is 13.5. The van der Waals surface area contributed by atoms with Crippen LogP contribution in [-0.2, 0) is 21.4 Å². The molecule has 2 aromatic rings. The standard InChI is InChI=1S/C21H22N2O4S/c22-15-17-5-7-18(8-6-17)16-27-21(24)19-9-11-20(12-10-19)28(25,26)23-13-3-1-2-4-14-23/h5-12H,1-4,13-14,16H2. The van der Waals surface area contributed by atoms with Crippen molar-refractivity contribution < 1.29 is 17.9 Å². The van der Waals surface area contributed by atoms with Crippen molar-refractivity contribution in [1.29, 1.82) is 5.26 Å². The van der Waals surface area contributed by atoms with E-state index in [1.54, 1.807) is 24.3 Å². The second-order valence-corrected chi connectivity index (χ2v) is 8.67. The van der Waals surface area contributed by atoms with E-state index >= 15 is 0 Å². The van der Waals surface area contributed by atoms with Crippen LogP contribution in [0.15, 0.2) is 53.4 Å². The Bertz CT molecular complexity index is 953. The molecule has 1 heterocycles. The van der Waals surface area contributed by atoms with Crippen LogP contribution < -0.4 is 0 Å². The molecule has 1 aliphatic heterocycles. The molecule has 3 rings (SSSR count). The number of hydrogen-bond donors (Lipinski definition) is 0. The lowest BCUT2D eigenvalue weighted by molar-refractivity contribution is 0.0472. The van der Waals surface area contributed by atoms with Crippen LogP contribution in [0.5, 0.6) is 0 Å². The molecule has 0 unspecified atom stereocenters. The monoisotopic (exact) mass is 398 g/mol. The van der Waals surface area contributed by atoms with Gasteiger partial charge in [0.2, 0.25) is 10.0 Å². The maximum absolute atomic E-state index is 12.8. The van der Waals surface area contributed by atoms with Crippen molar-refractivity contribution in [2.75, 3.05) is 13.1 Å². The second kappa shape index (κ2) is 9.00. The molecule has 6 nitrogen and oxygen atoms in total. The minimum Gasteiger partial charge on any atom is -0.457 e. The predicted molar refractivity (Wildman–Crippen MR) is 104 cm³/mol. The molecule has 0 aliphatic carbocycles. The summed E-state index contributed by atoms with van der Waals surface area (Å²) in [7, 11) is -3.53. The number of nitriles is 1. The Morgan fingerprint density at radius 1 is 0.964 bits per heavy atom. The summed E-state index contributed by atoms with van der Waals surface area (Å²) in [6.45, 7) is 1.16. The van der Waals surface area contributed by atoms with E-state index in [0.29, 0.717) is 24.2 Å². The molecule has 1 fully saturated rings. The molecule has 0 atom stereocenters. The molecule has 2 aromatic carbocycles. The number of ether oxygens (including phenoxy) is 1. The molecule has 7 heteroatoms. The van der Waals surface area contributed by atoms with Gasteiger partial charge in [-0.3, -0.25) is 0 Å². The van der Waals surface area contributed by atoms with Gasteiger partial charge in [0.15, 0.2) is 0 Å². The van der Waals surface area contributed by atoms with Crippen molar-refractivity contribution in [2.24, 2.45) is 0 Å². The summed E-state index contributed by atoms with van der Waals surface area (Å²) in [5.74, 6) is -0.525. The first-order valence-corrected chi connectivity index (χ1v) is 10.7. The van der Waals surface area contributed by atoms with E-state index in [0.717, 1.165) is 31.2 Å². The van der Waals surface area contributed by atoms with Gasteiger partial charge in [-0.25, -0.2) is 13.2 Å². The molecule has 0 aromatic heterocycles. The zero-order valence-corrected chi connectivity index (χ0v) is 16.3. The molecule has 1 aliphatic rings. The van der Waals surface area contributed by atoms with Gasteiger partial charge in [0.05, 0.1) is 22.1 Å². The van der Waals surface area contributed by atoms with Gasteiger partial charge in [-0.2, -0.15) is 9.57 Å². The van der Waals surface area contributed by atoms with Crippen molar-refractivity contribution >= 4 is 16.0 Å². The lowest BCUT2D eigenvalue weighted by Gasteiger charge is -2.20. The minimum atomic E-state index is -3.53. The van der Waals surface area contributed by atoms with Gasteiger partial charge in [-0.1, -0.05) is 25.0 Å². The topological polar surface area (TPSA) is 87.5 Å². The highest BCUT2D eigenvalue weighted by atomic mass is 32.2. The molecular weight excluding hydrogens is 376 g/mol. The molecule has 0 amide bonds. The molecule has 0 N–H and O–H groups in total. The molecule has 0 saturated carbocycles. The van der Waals surface area contributed by atoms with Crippen LogP contribution in [-0.4, -0.2) is 31.8 Å².